The fraction of sp³-hybridized carbons (Fsp3) is 0.417. The average Bonchev–Trinajstić information content (AvgIpc) is 3.02. The first-order valence-electron chi connectivity index (χ1n) is 5.76. The molecule has 2 aromatic heterocycles. The lowest BCUT2D eigenvalue weighted by molar-refractivity contribution is -0.0488. The molecule has 2 heterocycles. The highest BCUT2D eigenvalue weighted by atomic mass is 32.1. The summed E-state index contributed by atoms with van der Waals surface area (Å²) >= 11 is 1.47. The quantitative estimate of drug-likeness (QED) is 0.851. The van der Waals surface area contributed by atoms with E-state index in [1.165, 1.54) is 11.3 Å². The second kappa shape index (κ2) is 5.77. The Bertz CT molecular complexity index is 513. The van der Waals surface area contributed by atoms with Crippen LogP contribution in [0.25, 0.3) is 0 Å². The van der Waals surface area contributed by atoms with Crippen LogP contribution < -0.4 is 5.32 Å². The van der Waals surface area contributed by atoms with Crippen LogP contribution in [0.15, 0.2) is 29.9 Å². The Morgan fingerprint density at radius 2 is 2.37 bits per heavy atom. The molecular weight excluding hydrogens is 272 g/mol. The largest absolute Gasteiger partial charge is 0.390 e. The number of aryl methyl sites for hydroxylation is 1. The maximum absolute atomic E-state index is 13.2. The summed E-state index contributed by atoms with van der Waals surface area (Å²) in [7, 11) is 1.81. The molecule has 0 aromatic carbocycles. The van der Waals surface area contributed by atoms with E-state index in [1.54, 1.807) is 17.0 Å². The minimum absolute atomic E-state index is 0.405. The van der Waals surface area contributed by atoms with Gasteiger partial charge in [0.2, 0.25) is 0 Å². The first-order chi connectivity index (χ1) is 9.03. The van der Waals surface area contributed by atoms with Crippen LogP contribution in [0.1, 0.15) is 16.7 Å². The lowest BCUT2D eigenvalue weighted by Gasteiger charge is -2.21. The number of hydrogen-bond acceptors (Lipinski definition) is 4. The van der Waals surface area contributed by atoms with Gasteiger partial charge in [-0.3, -0.25) is 5.32 Å². The Hall–Kier alpha value is -1.31. The molecule has 1 atom stereocenters. The Kier molecular flexibility index (Phi) is 4.28. The van der Waals surface area contributed by atoms with E-state index in [0.717, 1.165) is 4.88 Å². The number of imidazole rings is 1. The molecule has 0 saturated heterocycles. The fourth-order valence-electron chi connectivity index (χ4n) is 1.74. The molecule has 0 aliphatic rings. The predicted molar refractivity (Wildman–Crippen MR) is 69.4 cm³/mol. The van der Waals surface area contributed by atoms with E-state index in [4.69, 9.17) is 5.11 Å². The summed E-state index contributed by atoms with van der Waals surface area (Å²) in [5.74, 6) is -2.48. The van der Waals surface area contributed by atoms with Crippen molar-refractivity contribution in [3.8, 4) is 0 Å². The van der Waals surface area contributed by atoms with Gasteiger partial charge >= 0.3 is 0 Å². The molecule has 0 saturated carbocycles. The Labute approximate surface area is 113 Å². The van der Waals surface area contributed by atoms with Gasteiger partial charge in [-0.2, -0.15) is 0 Å². The van der Waals surface area contributed by atoms with Gasteiger partial charge in [-0.15, -0.1) is 11.3 Å². The van der Waals surface area contributed by atoms with E-state index in [9.17, 15) is 8.78 Å². The van der Waals surface area contributed by atoms with E-state index >= 15 is 0 Å². The van der Waals surface area contributed by atoms with Gasteiger partial charge in [-0.05, 0) is 11.4 Å². The lowest BCUT2D eigenvalue weighted by atomic mass is 10.2. The van der Waals surface area contributed by atoms with Crippen LogP contribution in [0.5, 0.6) is 0 Å². The molecule has 7 heteroatoms. The normalized spacial score (nSPS) is 13.7. The Morgan fingerprint density at radius 3 is 2.89 bits per heavy atom. The number of hydrogen-bond donors (Lipinski definition) is 2. The molecule has 104 valence electrons. The van der Waals surface area contributed by atoms with Crippen LogP contribution in [0, 0.1) is 0 Å². The van der Waals surface area contributed by atoms with Gasteiger partial charge in [-0.1, -0.05) is 6.07 Å². The van der Waals surface area contributed by atoms with Crippen molar-refractivity contribution >= 4 is 11.3 Å². The third-order valence-electron chi connectivity index (χ3n) is 2.74. The van der Waals surface area contributed by atoms with E-state index in [1.807, 2.05) is 24.6 Å². The molecule has 0 spiro atoms. The van der Waals surface area contributed by atoms with Crippen molar-refractivity contribution in [1.82, 2.24) is 14.9 Å². The van der Waals surface area contributed by atoms with Crippen LogP contribution >= 0.6 is 11.3 Å². The number of alkyl halides is 2. The third kappa shape index (κ3) is 3.37. The second-order valence-corrected chi connectivity index (χ2v) is 5.22. The van der Waals surface area contributed by atoms with Crippen LogP contribution in [0.4, 0.5) is 8.78 Å². The number of aromatic nitrogens is 2. The monoisotopic (exact) mass is 287 g/mol. The van der Waals surface area contributed by atoms with Crippen molar-refractivity contribution in [1.29, 1.82) is 0 Å². The number of halogens is 2. The zero-order valence-electron chi connectivity index (χ0n) is 10.4. The number of nitrogens with zero attached hydrogens (tertiary/aromatic N) is 2. The summed E-state index contributed by atoms with van der Waals surface area (Å²) in [5, 5.41) is 13.3. The summed E-state index contributed by atoms with van der Waals surface area (Å²) in [5.41, 5.74) is 0. The maximum atomic E-state index is 13.2. The molecule has 4 nitrogen and oxygen atoms in total. The van der Waals surface area contributed by atoms with Crippen molar-refractivity contribution in [2.75, 3.05) is 13.2 Å². The van der Waals surface area contributed by atoms with Crippen LogP contribution in [-0.2, 0) is 7.05 Å². The van der Waals surface area contributed by atoms with Gasteiger partial charge in [0.05, 0.1) is 6.54 Å². The molecule has 2 aromatic rings. The van der Waals surface area contributed by atoms with Gasteiger partial charge in [0.1, 0.15) is 18.5 Å². The van der Waals surface area contributed by atoms with Crippen LogP contribution in [0.2, 0.25) is 0 Å². The molecule has 0 radical (unpaired) electrons. The first kappa shape index (κ1) is 14.1. The Balaban J connectivity index is 2.19. The van der Waals surface area contributed by atoms with Crippen molar-refractivity contribution in [3.63, 3.8) is 0 Å². The summed E-state index contributed by atoms with van der Waals surface area (Å²) in [6.45, 7) is -1.77. The average molecular weight is 287 g/mol. The van der Waals surface area contributed by atoms with Gasteiger partial charge in [0.25, 0.3) is 5.92 Å². The van der Waals surface area contributed by atoms with E-state index in [2.05, 4.69) is 10.3 Å². The van der Waals surface area contributed by atoms with Crippen molar-refractivity contribution < 1.29 is 13.9 Å². The van der Waals surface area contributed by atoms with E-state index in [0.29, 0.717) is 5.82 Å². The number of aliphatic hydroxyl groups is 1. The van der Waals surface area contributed by atoms with Gasteiger partial charge in [-0.25, -0.2) is 13.8 Å². The number of aliphatic hydroxyl groups excluding tert-OH is 1. The van der Waals surface area contributed by atoms with Gasteiger partial charge in [0, 0.05) is 24.3 Å². The molecule has 0 aliphatic carbocycles. The highest BCUT2D eigenvalue weighted by molar-refractivity contribution is 7.10. The SMILES string of the molecule is Cn1ccnc1C(NCC(F)(F)CO)c1cccs1. The van der Waals surface area contributed by atoms with E-state index < -0.39 is 25.1 Å². The first-order valence-corrected chi connectivity index (χ1v) is 6.64. The molecule has 0 amide bonds. The molecule has 0 fully saturated rings. The molecule has 1 unspecified atom stereocenters. The fourth-order valence-corrected chi connectivity index (χ4v) is 2.53. The minimum atomic E-state index is -3.14. The molecule has 2 rings (SSSR count). The molecular formula is C12H15F2N3OS. The minimum Gasteiger partial charge on any atom is -0.390 e. The molecule has 0 aliphatic heterocycles. The van der Waals surface area contributed by atoms with Crippen molar-refractivity contribution in [3.05, 3.63) is 40.6 Å². The maximum Gasteiger partial charge on any atom is 0.282 e. The van der Waals surface area contributed by atoms with Crippen LogP contribution in [-0.4, -0.2) is 33.7 Å². The summed E-state index contributed by atoms with van der Waals surface area (Å²) in [6, 6.07) is 3.33. The highest BCUT2D eigenvalue weighted by Gasteiger charge is 2.30. The molecule has 2 N–H and O–H groups in total. The molecule has 0 bridgehead atoms. The van der Waals surface area contributed by atoms with Gasteiger partial charge in [0.15, 0.2) is 0 Å². The number of nitrogens with one attached hydrogen (secondary N) is 1. The lowest BCUT2D eigenvalue weighted by Crippen LogP contribution is -2.38. The van der Waals surface area contributed by atoms with Gasteiger partial charge < -0.3 is 9.67 Å². The van der Waals surface area contributed by atoms with Crippen molar-refractivity contribution in [2.45, 2.75) is 12.0 Å². The third-order valence-corrected chi connectivity index (χ3v) is 3.68. The number of rotatable bonds is 6. The summed E-state index contributed by atoms with van der Waals surface area (Å²) in [6.07, 6.45) is 3.39. The molecule has 19 heavy (non-hydrogen) atoms. The van der Waals surface area contributed by atoms with Crippen molar-refractivity contribution in [2.24, 2.45) is 7.05 Å². The highest BCUT2D eigenvalue weighted by Crippen LogP contribution is 2.25. The van der Waals surface area contributed by atoms with Crippen LogP contribution in [0.3, 0.4) is 0 Å². The smallest absolute Gasteiger partial charge is 0.282 e. The summed E-state index contributed by atoms with van der Waals surface area (Å²) in [4.78, 5) is 5.10. The summed E-state index contributed by atoms with van der Waals surface area (Å²) < 4.78 is 28.1. The number of thiophene rings is 1. The zero-order chi connectivity index (χ0) is 13.9. The predicted octanol–water partition coefficient (Wildman–Crippen LogP) is 1.79. The zero-order valence-corrected chi connectivity index (χ0v) is 11.2. The van der Waals surface area contributed by atoms with E-state index in [-0.39, 0.29) is 0 Å². The standard InChI is InChI=1S/C12H15F2N3OS/c1-17-5-4-15-11(17)10(9-3-2-6-19-9)16-7-12(13,14)8-18/h2-6,10,16,18H,7-8H2,1H3. The topological polar surface area (TPSA) is 50.1 Å². The Morgan fingerprint density at radius 1 is 1.58 bits per heavy atom. The second-order valence-electron chi connectivity index (χ2n) is 4.24.